The molecule has 17 heavy (non-hydrogen) atoms. The lowest BCUT2D eigenvalue weighted by atomic mass is 10.3. The van der Waals surface area contributed by atoms with E-state index in [4.69, 9.17) is 5.11 Å². The molecule has 2 N–H and O–H groups in total. The lowest BCUT2D eigenvalue weighted by Crippen LogP contribution is -2.38. The predicted molar refractivity (Wildman–Crippen MR) is 51.7 cm³/mol. The summed E-state index contributed by atoms with van der Waals surface area (Å²) in [6.45, 7) is 1.15. The van der Waals surface area contributed by atoms with Crippen molar-refractivity contribution < 1.29 is 27.9 Å². The maximum Gasteiger partial charge on any atom is 0.434 e. The quantitative estimate of drug-likeness (QED) is 0.867. The van der Waals surface area contributed by atoms with Crippen LogP contribution in [-0.4, -0.2) is 28.0 Å². The number of hydrogen-bond acceptors (Lipinski definition) is 4. The summed E-state index contributed by atoms with van der Waals surface area (Å²) in [5.41, 5.74) is -0.430. The van der Waals surface area contributed by atoms with E-state index in [-0.39, 0.29) is 0 Å². The Labute approximate surface area is 97.3 Å². The van der Waals surface area contributed by atoms with E-state index in [9.17, 15) is 22.8 Å². The van der Waals surface area contributed by atoms with E-state index in [1.165, 1.54) is 0 Å². The molecule has 0 bridgehead atoms. The van der Waals surface area contributed by atoms with Gasteiger partial charge >= 0.3 is 12.1 Å². The van der Waals surface area contributed by atoms with Crippen LogP contribution in [0.3, 0.4) is 0 Å². The number of carbonyl (C=O) groups is 2. The van der Waals surface area contributed by atoms with Gasteiger partial charge in [-0.2, -0.15) is 13.2 Å². The lowest BCUT2D eigenvalue weighted by Gasteiger charge is -2.09. The van der Waals surface area contributed by atoms with Crippen LogP contribution in [0.4, 0.5) is 13.2 Å². The zero-order chi connectivity index (χ0) is 13.2. The standard InChI is InChI=1S/C8H7F3N2O3S/c1-3(7(15)16)13-6(14)4-5(8(9,10)11)12-2-17-4/h2-3H,1H3,(H,13,14)(H,15,16). The third-order valence-electron chi connectivity index (χ3n) is 1.76. The number of nitrogens with one attached hydrogen (secondary N) is 1. The molecule has 9 heteroatoms. The Balaban J connectivity index is 2.91. The molecule has 1 atom stereocenters. The van der Waals surface area contributed by atoms with Crippen LogP contribution in [0.1, 0.15) is 22.3 Å². The number of alkyl halides is 3. The number of carbonyl (C=O) groups excluding carboxylic acids is 1. The van der Waals surface area contributed by atoms with Crippen LogP contribution in [0, 0.1) is 0 Å². The zero-order valence-electron chi connectivity index (χ0n) is 8.41. The fourth-order valence-electron chi connectivity index (χ4n) is 0.933. The fourth-order valence-corrected chi connectivity index (χ4v) is 1.64. The van der Waals surface area contributed by atoms with Gasteiger partial charge in [0.25, 0.3) is 5.91 Å². The molecule has 0 aromatic carbocycles. The Hall–Kier alpha value is -1.64. The van der Waals surface area contributed by atoms with Crippen molar-refractivity contribution in [2.45, 2.75) is 19.1 Å². The Morgan fingerprint density at radius 1 is 1.53 bits per heavy atom. The van der Waals surface area contributed by atoms with E-state index in [2.05, 4.69) is 4.98 Å². The molecule has 1 amide bonds. The summed E-state index contributed by atoms with van der Waals surface area (Å²) < 4.78 is 37.2. The monoisotopic (exact) mass is 268 g/mol. The highest BCUT2D eigenvalue weighted by Gasteiger charge is 2.38. The van der Waals surface area contributed by atoms with E-state index in [0.29, 0.717) is 11.3 Å². The van der Waals surface area contributed by atoms with Crippen molar-refractivity contribution in [3.05, 3.63) is 16.1 Å². The minimum absolute atomic E-state index is 0.502. The van der Waals surface area contributed by atoms with E-state index in [1.54, 1.807) is 0 Å². The summed E-state index contributed by atoms with van der Waals surface area (Å²) in [5, 5.41) is 10.4. The first-order valence-electron chi connectivity index (χ1n) is 4.28. The highest BCUT2D eigenvalue weighted by Crippen LogP contribution is 2.32. The van der Waals surface area contributed by atoms with Crippen LogP contribution in [0.5, 0.6) is 0 Å². The van der Waals surface area contributed by atoms with Crippen molar-refractivity contribution in [2.75, 3.05) is 0 Å². The predicted octanol–water partition coefficient (Wildman–Crippen LogP) is 1.36. The van der Waals surface area contributed by atoms with Gasteiger partial charge in [0, 0.05) is 0 Å². The van der Waals surface area contributed by atoms with Gasteiger partial charge in [0.2, 0.25) is 0 Å². The Morgan fingerprint density at radius 2 is 2.12 bits per heavy atom. The maximum absolute atomic E-state index is 12.4. The number of aliphatic carboxylic acids is 1. The molecule has 0 radical (unpaired) electrons. The molecule has 1 aromatic heterocycles. The lowest BCUT2D eigenvalue weighted by molar-refractivity contribution is -0.141. The molecule has 0 aliphatic carbocycles. The summed E-state index contributed by atoms with van der Waals surface area (Å²) in [4.78, 5) is 24.2. The van der Waals surface area contributed by atoms with Gasteiger partial charge in [0.05, 0.1) is 5.51 Å². The molecule has 1 rings (SSSR count). The van der Waals surface area contributed by atoms with Gasteiger partial charge in [-0.1, -0.05) is 0 Å². The van der Waals surface area contributed by atoms with Gasteiger partial charge in [-0.3, -0.25) is 9.59 Å². The van der Waals surface area contributed by atoms with Gasteiger partial charge in [0.1, 0.15) is 10.9 Å². The first-order chi connectivity index (χ1) is 7.73. The van der Waals surface area contributed by atoms with Gasteiger partial charge in [0.15, 0.2) is 5.69 Å². The highest BCUT2D eigenvalue weighted by atomic mass is 32.1. The van der Waals surface area contributed by atoms with Gasteiger partial charge < -0.3 is 10.4 Å². The molecule has 0 saturated carbocycles. The fraction of sp³-hybridized carbons (Fsp3) is 0.375. The second-order valence-corrected chi connectivity index (χ2v) is 3.92. The number of amides is 1. The molecule has 1 unspecified atom stereocenters. The van der Waals surface area contributed by atoms with Crippen LogP contribution in [0.15, 0.2) is 5.51 Å². The number of nitrogens with zero attached hydrogens (tertiary/aromatic N) is 1. The molecule has 94 valence electrons. The van der Waals surface area contributed by atoms with E-state index >= 15 is 0 Å². The molecule has 0 aliphatic rings. The van der Waals surface area contributed by atoms with Crippen molar-refractivity contribution in [1.82, 2.24) is 10.3 Å². The molecule has 0 spiro atoms. The molecule has 1 aromatic rings. The number of rotatable bonds is 3. The second-order valence-electron chi connectivity index (χ2n) is 3.06. The minimum Gasteiger partial charge on any atom is -0.480 e. The third-order valence-corrected chi connectivity index (χ3v) is 2.59. The number of carboxylic acids is 1. The third kappa shape index (κ3) is 3.16. The first-order valence-corrected chi connectivity index (χ1v) is 5.15. The molecule has 5 nitrogen and oxygen atoms in total. The zero-order valence-corrected chi connectivity index (χ0v) is 9.22. The number of thiazole rings is 1. The topological polar surface area (TPSA) is 79.3 Å². The largest absolute Gasteiger partial charge is 0.480 e. The highest BCUT2D eigenvalue weighted by molar-refractivity contribution is 7.11. The smallest absolute Gasteiger partial charge is 0.434 e. The summed E-state index contributed by atoms with van der Waals surface area (Å²) in [5.74, 6) is -2.44. The maximum atomic E-state index is 12.4. The van der Waals surface area contributed by atoms with Crippen LogP contribution >= 0.6 is 11.3 Å². The van der Waals surface area contributed by atoms with Crippen LogP contribution in [-0.2, 0) is 11.0 Å². The molecular weight excluding hydrogens is 261 g/mol. The Morgan fingerprint density at radius 3 is 2.59 bits per heavy atom. The number of hydrogen-bond donors (Lipinski definition) is 2. The van der Waals surface area contributed by atoms with Crippen LogP contribution in [0.2, 0.25) is 0 Å². The molecule has 1 heterocycles. The molecule has 0 saturated heterocycles. The first kappa shape index (κ1) is 13.4. The summed E-state index contributed by atoms with van der Waals surface area (Å²) in [6.07, 6.45) is -4.74. The van der Waals surface area contributed by atoms with Crippen LogP contribution in [0.25, 0.3) is 0 Å². The average molecular weight is 268 g/mol. The van der Waals surface area contributed by atoms with Crippen molar-refractivity contribution in [3.63, 3.8) is 0 Å². The normalized spacial score (nSPS) is 13.2. The summed E-state index contributed by atoms with van der Waals surface area (Å²) in [6, 6.07) is -1.27. The van der Waals surface area contributed by atoms with E-state index in [1.807, 2.05) is 5.32 Å². The summed E-state index contributed by atoms with van der Waals surface area (Å²) >= 11 is 0.502. The van der Waals surface area contributed by atoms with Gasteiger partial charge in [-0.05, 0) is 6.92 Å². The summed E-state index contributed by atoms with van der Waals surface area (Å²) in [7, 11) is 0. The Bertz CT molecular complexity index is 443. The second kappa shape index (κ2) is 4.70. The van der Waals surface area contributed by atoms with Crippen molar-refractivity contribution >= 4 is 23.2 Å². The van der Waals surface area contributed by atoms with E-state index < -0.39 is 34.7 Å². The number of halogens is 3. The average Bonchev–Trinajstić information content (AvgIpc) is 2.64. The van der Waals surface area contributed by atoms with Crippen molar-refractivity contribution in [2.24, 2.45) is 0 Å². The van der Waals surface area contributed by atoms with Crippen molar-refractivity contribution in [1.29, 1.82) is 0 Å². The Kier molecular flexibility index (Phi) is 3.71. The number of aromatic nitrogens is 1. The van der Waals surface area contributed by atoms with Crippen molar-refractivity contribution in [3.8, 4) is 0 Å². The van der Waals surface area contributed by atoms with Gasteiger partial charge in [-0.15, -0.1) is 11.3 Å². The van der Waals surface area contributed by atoms with E-state index in [0.717, 1.165) is 12.4 Å². The number of carboxylic acid groups (broad SMARTS) is 1. The van der Waals surface area contributed by atoms with Gasteiger partial charge in [-0.25, -0.2) is 4.98 Å². The molecule has 0 aliphatic heterocycles. The SMILES string of the molecule is CC(NC(=O)c1scnc1C(F)(F)F)C(=O)O. The minimum atomic E-state index is -4.74. The molecule has 0 fully saturated rings. The molecular formula is C8H7F3N2O3S. The van der Waals surface area contributed by atoms with Crippen LogP contribution < -0.4 is 5.32 Å².